The highest BCUT2D eigenvalue weighted by Crippen LogP contribution is 2.31. The van der Waals surface area contributed by atoms with Gasteiger partial charge < -0.3 is 19.7 Å². The van der Waals surface area contributed by atoms with Crippen LogP contribution in [0.1, 0.15) is 27.4 Å². The number of ether oxygens (including phenoxy) is 1. The molecule has 23 heavy (non-hydrogen) atoms. The van der Waals surface area contributed by atoms with Crippen LogP contribution < -0.4 is 10.1 Å². The highest BCUT2D eigenvalue weighted by atomic mass is 35.5. The molecule has 2 rings (SSSR count). The molecule has 0 atom stereocenters. The number of aromatic nitrogens is 1. The predicted octanol–water partition coefficient (Wildman–Crippen LogP) is 2.83. The molecule has 0 saturated carbocycles. The summed E-state index contributed by atoms with van der Waals surface area (Å²) in [4.78, 5) is 23.3. The van der Waals surface area contributed by atoms with Crippen molar-refractivity contribution in [3.63, 3.8) is 0 Å². The summed E-state index contributed by atoms with van der Waals surface area (Å²) in [7, 11) is 1.34. The van der Waals surface area contributed by atoms with Gasteiger partial charge in [-0.15, -0.1) is 0 Å². The quantitative estimate of drug-likeness (QED) is 0.869. The summed E-state index contributed by atoms with van der Waals surface area (Å²) in [6.45, 7) is 3.47. The number of benzene rings is 1. The standard InChI is InChI=1S/C15H15ClN2O5/c1-7-9(8(2)23-18-7)5-14(19)17-12-6-13(22-3)10(15(20)21)4-11(12)16/h4,6H,5H2,1-3H3,(H,17,19)(H,20,21). The Labute approximate surface area is 137 Å². The van der Waals surface area contributed by atoms with Gasteiger partial charge in [0.15, 0.2) is 0 Å². The molecule has 1 aromatic carbocycles. The molecular weight excluding hydrogens is 324 g/mol. The SMILES string of the molecule is COc1cc(NC(=O)Cc2c(C)noc2C)c(Cl)cc1C(=O)O. The Balaban J connectivity index is 2.23. The number of carboxylic acid groups (broad SMARTS) is 1. The molecule has 8 heteroatoms. The van der Waals surface area contributed by atoms with Gasteiger partial charge in [0.05, 0.1) is 29.9 Å². The van der Waals surface area contributed by atoms with Crippen LogP contribution in [0.4, 0.5) is 5.69 Å². The Morgan fingerprint density at radius 1 is 1.39 bits per heavy atom. The maximum absolute atomic E-state index is 12.2. The van der Waals surface area contributed by atoms with Gasteiger partial charge in [0.1, 0.15) is 17.1 Å². The largest absolute Gasteiger partial charge is 0.496 e. The third-order valence-corrected chi connectivity index (χ3v) is 3.62. The lowest BCUT2D eigenvalue weighted by atomic mass is 10.1. The first-order chi connectivity index (χ1) is 10.8. The van der Waals surface area contributed by atoms with Crippen molar-refractivity contribution >= 4 is 29.2 Å². The van der Waals surface area contributed by atoms with E-state index in [1.54, 1.807) is 13.8 Å². The van der Waals surface area contributed by atoms with Crippen LogP contribution in [0.15, 0.2) is 16.7 Å². The second kappa shape index (κ2) is 6.70. The third kappa shape index (κ3) is 3.62. The first-order valence-corrected chi connectivity index (χ1v) is 7.03. The number of aromatic carboxylic acids is 1. The molecule has 0 spiro atoms. The fourth-order valence-electron chi connectivity index (χ4n) is 2.09. The first-order valence-electron chi connectivity index (χ1n) is 6.66. The lowest BCUT2D eigenvalue weighted by Gasteiger charge is -2.11. The molecule has 1 aromatic heterocycles. The van der Waals surface area contributed by atoms with E-state index in [9.17, 15) is 9.59 Å². The lowest BCUT2D eigenvalue weighted by Crippen LogP contribution is -2.16. The summed E-state index contributed by atoms with van der Waals surface area (Å²) in [5.74, 6) is -0.819. The van der Waals surface area contributed by atoms with Crippen LogP contribution in [0.2, 0.25) is 5.02 Å². The smallest absolute Gasteiger partial charge is 0.339 e. The van der Waals surface area contributed by atoms with Crippen molar-refractivity contribution in [3.05, 3.63) is 39.7 Å². The van der Waals surface area contributed by atoms with Gasteiger partial charge in [0, 0.05) is 11.6 Å². The molecule has 0 unspecified atom stereocenters. The van der Waals surface area contributed by atoms with Gasteiger partial charge in [-0.3, -0.25) is 4.79 Å². The lowest BCUT2D eigenvalue weighted by molar-refractivity contribution is -0.115. The van der Waals surface area contributed by atoms with Crippen LogP contribution in [-0.2, 0) is 11.2 Å². The molecule has 7 nitrogen and oxygen atoms in total. The van der Waals surface area contributed by atoms with E-state index in [-0.39, 0.29) is 34.4 Å². The third-order valence-electron chi connectivity index (χ3n) is 3.31. The Morgan fingerprint density at radius 3 is 2.61 bits per heavy atom. The number of anilines is 1. The van der Waals surface area contributed by atoms with E-state index < -0.39 is 5.97 Å². The van der Waals surface area contributed by atoms with Crippen molar-refractivity contribution in [2.45, 2.75) is 20.3 Å². The molecular formula is C15H15ClN2O5. The molecule has 0 saturated heterocycles. The highest BCUT2D eigenvalue weighted by Gasteiger charge is 2.18. The second-order valence-corrected chi connectivity index (χ2v) is 5.27. The number of hydrogen-bond acceptors (Lipinski definition) is 5. The molecule has 0 aliphatic heterocycles. The van der Waals surface area contributed by atoms with Crippen LogP contribution in [0.25, 0.3) is 0 Å². The molecule has 0 aliphatic rings. The number of carbonyl (C=O) groups is 2. The minimum atomic E-state index is -1.17. The number of nitrogens with zero attached hydrogens (tertiary/aromatic N) is 1. The molecule has 2 aromatic rings. The van der Waals surface area contributed by atoms with Gasteiger partial charge in [-0.25, -0.2) is 4.79 Å². The van der Waals surface area contributed by atoms with Gasteiger partial charge in [-0.1, -0.05) is 16.8 Å². The molecule has 122 valence electrons. The molecule has 0 radical (unpaired) electrons. The Kier molecular flexibility index (Phi) is 4.90. The normalized spacial score (nSPS) is 10.4. The fraction of sp³-hybridized carbons (Fsp3) is 0.267. The fourth-order valence-corrected chi connectivity index (χ4v) is 2.31. The minimum Gasteiger partial charge on any atom is -0.496 e. The van der Waals surface area contributed by atoms with E-state index in [4.69, 9.17) is 26.0 Å². The van der Waals surface area contributed by atoms with Crippen LogP contribution in [0, 0.1) is 13.8 Å². The maximum Gasteiger partial charge on any atom is 0.339 e. The predicted molar refractivity (Wildman–Crippen MR) is 83.3 cm³/mol. The van der Waals surface area contributed by atoms with E-state index in [0.717, 1.165) is 0 Å². The van der Waals surface area contributed by atoms with E-state index in [2.05, 4.69) is 10.5 Å². The zero-order valence-corrected chi connectivity index (χ0v) is 13.5. The van der Waals surface area contributed by atoms with Crippen molar-refractivity contribution in [1.29, 1.82) is 0 Å². The number of halogens is 1. The number of aryl methyl sites for hydroxylation is 2. The van der Waals surface area contributed by atoms with E-state index in [1.165, 1.54) is 19.2 Å². The molecule has 1 heterocycles. The van der Waals surface area contributed by atoms with Crippen molar-refractivity contribution in [2.24, 2.45) is 0 Å². The Hall–Kier alpha value is -2.54. The highest BCUT2D eigenvalue weighted by molar-refractivity contribution is 6.34. The summed E-state index contributed by atoms with van der Waals surface area (Å²) >= 11 is 6.03. The number of nitrogens with one attached hydrogen (secondary N) is 1. The van der Waals surface area contributed by atoms with Gasteiger partial charge in [-0.2, -0.15) is 0 Å². The van der Waals surface area contributed by atoms with Crippen molar-refractivity contribution < 1.29 is 24.0 Å². The Bertz CT molecular complexity index is 750. The summed E-state index contributed by atoms with van der Waals surface area (Å²) in [5, 5.41) is 15.6. The van der Waals surface area contributed by atoms with Gasteiger partial charge in [-0.05, 0) is 19.9 Å². The van der Waals surface area contributed by atoms with Crippen LogP contribution >= 0.6 is 11.6 Å². The number of carbonyl (C=O) groups excluding carboxylic acids is 1. The number of carboxylic acids is 1. The number of amides is 1. The molecule has 1 amide bonds. The van der Waals surface area contributed by atoms with Gasteiger partial charge >= 0.3 is 5.97 Å². The molecule has 2 N–H and O–H groups in total. The summed E-state index contributed by atoms with van der Waals surface area (Å²) < 4.78 is 10.0. The van der Waals surface area contributed by atoms with Crippen molar-refractivity contribution in [2.75, 3.05) is 12.4 Å². The summed E-state index contributed by atoms with van der Waals surface area (Å²) in [6.07, 6.45) is 0.0699. The van der Waals surface area contributed by atoms with Crippen molar-refractivity contribution in [1.82, 2.24) is 5.16 Å². The monoisotopic (exact) mass is 338 g/mol. The van der Waals surface area contributed by atoms with Crippen LogP contribution in [0.3, 0.4) is 0 Å². The number of methoxy groups -OCH3 is 1. The van der Waals surface area contributed by atoms with E-state index >= 15 is 0 Å². The molecule has 0 aliphatic carbocycles. The number of hydrogen-bond donors (Lipinski definition) is 2. The average molecular weight is 339 g/mol. The summed E-state index contributed by atoms with van der Waals surface area (Å²) in [5.41, 5.74) is 1.53. The zero-order valence-electron chi connectivity index (χ0n) is 12.8. The van der Waals surface area contributed by atoms with Crippen LogP contribution in [-0.4, -0.2) is 29.2 Å². The topological polar surface area (TPSA) is 102 Å². The maximum atomic E-state index is 12.2. The Morgan fingerprint density at radius 2 is 2.09 bits per heavy atom. The van der Waals surface area contributed by atoms with Crippen LogP contribution in [0.5, 0.6) is 5.75 Å². The zero-order chi connectivity index (χ0) is 17.1. The van der Waals surface area contributed by atoms with E-state index in [0.29, 0.717) is 17.0 Å². The number of rotatable bonds is 5. The van der Waals surface area contributed by atoms with Crippen molar-refractivity contribution in [3.8, 4) is 5.75 Å². The van der Waals surface area contributed by atoms with E-state index in [1.807, 2.05) is 0 Å². The van der Waals surface area contributed by atoms with Gasteiger partial charge in [0.2, 0.25) is 5.91 Å². The van der Waals surface area contributed by atoms with Gasteiger partial charge in [0.25, 0.3) is 0 Å². The average Bonchev–Trinajstić information content (AvgIpc) is 2.80. The molecule has 0 bridgehead atoms. The second-order valence-electron chi connectivity index (χ2n) is 4.87. The summed E-state index contributed by atoms with van der Waals surface area (Å²) in [6, 6.07) is 2.60. The molecule has 0 fully saturated rings. The minimum absolute atomic E-state index is 0.0699. The first kappa shape index (κ1) is 16.8.